The van der Waals surface area contributed by atoms with Crippen molar-refractivity contribution < 1.29 is 0 Å². The van der Waals surface area contributed by atoms with E-state index in [4.69, 9.17) is 15.0 Å². The molecule has 0 aliphatic heterocycles. The predicted molar refractivity (Wildman–Crippen MR) is 256 cm³/mol. The summed E-state index contributed by atoms with van der Waals surface area (Å²) in [6.07, 6.45) is 3.74. The van der Waals surface area contributed by atoms with Gasteiger partial charge in [0.25, 0.3) is 0 Å². The molecule has 0 saturated carbocycles. The summed E-state index contributed by atoms with van der Waals surface area (Å²) < 4.78 is 0. The molecule has 3 aromatic heterocycles. The lowest BCUT2D eigenvalue weighted by molar-refractivity contribution is 0.795. The Morgan fingerprint density at radius 2 is 0.885 bits per heavy atom. The number of para-hydroxylation sites is 2. The van der Waals surface area contributed by atoms with Crippen molar-refractivity contribution in [3.8, 4) is 67.0 Å². The normalized spacial score (nSPS) is 13.3. The number of benzene rings is 7. The van der Waals surface area contributed by atoms with E-state index in [1.54, 1.807) is 0 Å². The van der Waals surface area contributed by atoms with Crippen LogP contribution in [-0.4, -0.2) is 23.0 Å². The smallest absolute Gasteiger partial charge is 0.0795 e. The van der Waals surface area contributed by atoms with Crippen LogP contribution in [0.4, 0.5) is 0 Å². The minimum Gasteiger partial charge on any atom is -0.256 e. The molecule has 2 aliphatic rings. The number of rotatable bonds is 5. The van der Waals surface area contributed by atoms with E-state index >= 15 is 0 Å². The van der Waals surface area contributed by atoms with Crippen molar-refractivity contribution in [2.75, 3.05) is 0 Å². The topological polar surface area (TPSA) is 38.7 Å². The summed E-state index contributed by atoms with van der Waals surface area (Å²) in [7, 11) is -1.62. The molecular formula is C57H41N3Si. The van der Waals surface area contributed by atoms with Gasteiger partial charge in [0.05, 0.1) is 35.9 Å². The number of pyridine rings is 3. The van der Waals surface area contributed by atoms with Crippen molar-refractivity contribution in [2.45, 2.75) is 25.1 Å². The van der Waals surface area contributed by atoms with Crippen molar-refractivity contribution in [3.05, 3.63) is 217 Å². The monoisotopic (exact) mass is 795 g/mol. The first-order valence-electron chi connectivity index (χ1n) is 21.2. The summed E-state index contributed by atoms with van der Waals surface area (Å²) in [5.74, 6) is 0. The maximum Gasteiger partial charge on any atom is 0.0795 e. The number of hydrogen-bond donors (Lipinski definition) is 0. The molecule has 288 valence electrons. The Morgan fingerprint density at radius 1 is 0.361 bits per heavy atom. The molecule has 3 heterocycles. The van der Waals surface area contributed by atoms with Crippen LogP contribution >= 0.6 is 0 Å². The summed E-state index contributed by atoms with van der Waals surface area (Å²) in [5.41, 5.74) is 20.6. The molecule has 0 saturated heterocycles. The third-order valence-corrected chi connectivity index (χ3v) is 15.2. The molecule has 0 atom stereocenters. The van der Waals surface area contributed by atoms with Crippen molar-refractivity contribution in [1.82, 2.24) is 15.0 Å². The maximum absolute atomic E-state index is 5.43. The van der Waals surface area contributed by atoms with E-state index in [0.29, 0.717) is 0 Å². The Morgan fingerprint density at radius 3 is 1.59 bits per heavy atom. The largest absolute Gasteiger partial charge is 0.256 e. The number of nitrogens with zero attached hydrogens (tertiary/aromatic N) is 3. The SMILES string of the molecule is C[Si](C)(C)c1ccc2c(c1)C1(c3ccccc3-c3ccccc31)c1cc(-c3cccc(-c4cc(-c5cccc6cccnc56)cc(-c5cccc6cccnc56)n4)c3)ccc1-2. The second-order valence-corrected chi connectivity index (χ2v) is 22.7. The zero-order valence-corrected chi connectivity index (χ0v) is 35.3. The molecule has 3 nitrogen and oxygen atoms in total. The van der Waals surface area contributed by atoms with Gasteiger partial charge in [0, 0.05) is 39.9 Å². The highest BCUT2D eigenvalue weighted by Crippen LogP contribution is 2.63. The molecule has 0 N–H and O–H groups in total. The Labute approximate surface area is 357 Å². The second-order valence-electron chi connectivity index (χ2n) is 17.6. The van der Waals surface area contributed by atoms with Crippen LogP contribution in [0.3, 0.4) is 0 Å². The molecule has 0 radical (unpaired) electrons. The van der Waals surface area contributed by atoms with Crippen LogP contribution in [0.25, 0.3) is 88.8 Å². The first-order chi connectivity index (χ1) is 29.9. The van der Waals surface area contributed by atoms with Crippen LogP contribution in [0.15, 0.2) is 194 Å². The molecule has 61 heavy (non-hydrogen) atoms. The lowest BCUT2D eigenvalue weighted by atomic mass is 9.70. The van der Waals surface area contributed by atoms with E-state index in [1.165, 1.54) is 55.3 Å². The van der Waals surface area contributed by atoms with E-state index in [2.05, 4.69) is 189 Å². The van der Waals surface area contributed by atoms with Gasteiger partial charge in [0.2, 0.25) is 0 Å². The van der Waals surface area contributed by atoms with Gasteiger partial charge in [-0.2, -0.15) is 0 Å². The molecular weight excluding hydrogens is 755 g/mol. The van der Waals surface area contributed by atoms with Crippen LogP contribution in [0, 0.1) is 0 Å². The maximum atomic E-state index is 5.43. The van der Waals surface area contributed by atoms with E-state index < -0.39 is 13.5 Å². The van der Waals surface area contributed by atoms with Crippen LogP contribution in [0.2, 0.25) is 19.6 Å². The molecule has 0 bridgehead atoms. The first kappa shape index (κ1) is 35.7. The number of fused-ring (bicyclic) bond motifs is 12. The third-order valence-electron chi connectivity index (χ3n) is 13.1. The van der Waals surface area contributed by atoms with Gasteiger partial charge in [-0.25, -0.2) is 4.98 Å². The molecule has 1 spiro atoms. The van der Waals surface area contributed by atoms with Gasteiger partial charge < -0.3 is 0 Å². The summed E-state index contributed by atoms with van der Waals surface area (Å²) >= 11 is 0. The summed E-state index contributed by atoms with van der Waals surface area (Å²) in [4.78, 5) is 15.1. The van der Waals surface area contributed by atoms with E-state index in [0.717, 1.165) is 61.0 Å². The highest BCUT2D eigenvalue weighted by Gasteiger charge is 2.52. The van der Waals surface area contributed by atoms with Gasteiger partial charge in [-0.15, -0.1) is 0 Å². The lowest BCUT2D eigenvalue weighted by Gasteiger charge is -2.31. The van der Waals surface area contributed by atoms with E-state index in [1.807, 2.05) is 24.5 Å². The Balaban J connectivity index is 1.06. The molecule has 12 rings (SSSR count). The summed E-state index contributed by atoms with van der Waals surface area (Å²) in [6.45, 7) is 7.36. The second kappa shape index (κ2) is 13.4. The van der Waals surface area contributed by atoms with Crippen molar-refractivity contribution in [2.24, 2.45) is 0 Å². The van der Waals surface area contributed by atoms with E-state index in [-0.39, 0.29) is 0 Å². The molecule has 10 aromatic rings. The number of aromatic nitrogens is 3. The molecule has 2 aliphatic carbocycles. The Hall–Kier alpha value is -7.27. The zero-order chi connectivity index (χ0) is 40.9. The Kier molecular flexibility index (Phi) is 7.81. The van der Waals surface area contributed by atoms with Crippen molar-refractivity contribution in [3.63, 3.8) is 0 Å². The lowest BCUT2D eigenvalue weighted by Crippen LogP contribution is -2.38. The fourth-order valence-electron chi connectivity index (χ4n) is 10.3. The fourth-order valence-corrected chi connectivity index (χ4v) is 11.4. The highest BCUT2D eigenvalue weighted by atomic mass is 28.3. The Bertz CT molecular complexity index is 3280. The predicted octanol–water partition coefficient (Wildman–Crippen LogP) is 13.7. The zero-order valence-electron chi connectivity index (χ0n) is 34.3. The van der Waals surface area contributed by atoms with Crippen molar-refractivity contribution in [1.29, 1.82) is 0 Å². The number of hydrogen-bond acceptors (Lipinski definition) is 3. The van der Waals surface area contributed by atoms with Crippen LogP contribution in [0.5, 0.6) is 0 Å². The molecule has 0 fully saturated rings. The quantitative estimate of drug-likeness (QED) is 0.163. The average molecular weight is 796 g/mol. The molecule has 0 unspecified atom stereocenters. The van der Waals surface area contributed by atoms with Crippen molar-refractivity contribution >= 4 is 35.1 Å². The highest BCUT2D eigenvalue weighted by molar-refractivity contribution is 6.88. The minimum absolute atomic E-state index is 0.412. The van der Waals surface area contributed by atoms with Crippen LogP contribution < -0.4 is 5.19 Å². The fraction of sp³-hybridized carbons (Fsp3) is 0.0702. The van der Waals surface area contributed by atoms with Crippen LogP contribution in [-0.2, 0) is 5.41 Å². The van der Waals surface area contributed by atoms with Gasteiger partial charge in [-0.1, -0.05) is 170 Å². The van der Waals surface area contributed by atoms with Gasteiger partial charge in [-0.05, 0) is 97.6 Å². The molecule has 4 heteroatoms. The van der Waals surface area contributed by atoms with Gasteiger partial charge in [0.1, 0.15) is 0 Å². The van der Waals surface area contributed by atoms with E-state index in [9.17, 15) is 0 Å². The first-order valence-corrected chi connectivity index (χ1v) is 24.7. The summed E-state index contributed by atoms with van der Waals surface area (Å²) in [6, 6.07) is 67.1. The third kappa shape index (κ3) is 5.39. The molecule has 7 aromatic carbocycles. The standard InChI is InChI=1S/C57H41N3Si/c1-61(2,3)42-26-28-47-46-27-25-39(32-51(46)57(52(47)35-42)49-23-6-4-19-44(49)45-20-5-7-24-50(45)57)38-15-8-16-40(31-38)53-33-41(43-21-9-13-36-17-11-29-58-55(36)43)34-54(60-53)48-22-10-14-37-18-12-30-59-56(37)48/h4-35H,1-3H3. The minimum atomic E-state index is -1.62. The summed E-state index contributed by atoms with van der Waals surface area (Å²) in [5, 5.41) is 3.68. The van der Waals surface area contributed by atoms with Gasteiger partial charge >= 0.3 is 0 Å². The van der Waals surface area contributed by atoms with Crippen LogP contribution in [0.1, 0.15) is 22.3 Å². The molecule has 0 amide bonds. The van der Waals surface area contributed by atoms with Gasteiger partial charge in [0.15, 0.2) is 0 Å². The average Bonchev–Trinajstić information content (AvgIpc) is 3.77. The van der Waals surface area contributed by atoms with Gasteiger partial charge in [-0.3, -0.25) is 9.97 Å².